The maximum Gasteiger partial charge on any atom is 0.226 e. The highest BCUT2D eigenvalue weighted by Gasteiger charge is 2.09. The molecule has 7 nitrogen and oxygen atoms in total. The predicted molar refractivity (Wildman–Crippen MR) is 67.7 cm³/mol. The first kappa shape index (κ1) is 13.5. The molecule has 1 aromatic rings. The fraction of sp³-hybridized carbons (Fsp3) is 0.556. The number of rotatable bonds is 4. The molecule has 0 aliphatic heterocycles. The third-order valence-corrected chi connectivity index (χ3v) is 2.43. The van der Waals surface area contributed by atoms with E-state index in [1.54, 1.807) is 0 Å². The van der Waals surface area contributed by atoms with Gasteiger partial charge >= 0.3 is 0 Å². The van der Waals surface area contributed by atoms with Gasteiger partial charge in [0, 0.05) is 6.42 Å². The maximum absolute atomic E-state index is 7.42. The highest BCUT2D eigenvalue weighted by Crippen LogP contribution is 2.12. The van der Waals surface area contributed by atoms with Crippen LogP contribution in [0, 0.1) is 11.3 Å². The Bertz CT molecular complexity index is 409. The first-order valence-corrected chi connectivity index (χ1v) is 6.08. The van der Waals surface area contributed by atoms with E-state index < -0.39 is 0 Å². The first-order valence-electron chi connectivity index (χ1n) is 5.09. The number of amidine groups is 1. The molecule has 0 aliphatic rings. The summed E-state index contributed by atoms with van der Waals surface area (Å²) in [7, 11) is 0. The van der Waals surface area contributed by atoms with E-state index in [0.29, 0.717) is 23.4 Å². The van der Waals surface area contributed by atoms with Crippen LogP contribution in [-0.4, -0.2) is 21.3 Å². The van der Waals surface area contributed by atoms with Gasteiger partial charge in [0.15, 0.2) is 17.0 Å². The molecule has 1 rings (SSSR count). The van der Waals surface area contributed by atoms with Crippen LogP contribution in [0.4, 0.5) is 0 Å². The quantitative estimate of drug-likeness (QED) is 0.537. The fourth-order valence-corrected chi connectivity index (χ4v) is 1.62. The fourth-order valence-electron chi connectivity index (χ4n) is 1.06. The lowest BCUT2D eigenvalue weighted by Crippen LogP contribution is -2.23. The summed E-state index contributed by atoms with van der Waals surface area (Å²) >= 11 is 1.14. The smallest absolute Gasteiger partial charge is 0.226 e. The van der Waals surface area contributed by atoms with Crippen molar-refractivity contribution < 1.29 is 4.52 Å². The average molecular weight is 256 g/mol. The van der Waals surface area contributed by atoms with E-state index in [0.717, 1.165) is 18.2 Å². The van der Waals surface area contributed by atoms with E-state index in [1.165, 1.54) is 0 Å². The normalized spacial score (nSPS) is 10.5. The Morgan fingerprint density at radius 2 is 2.24 bits per heavy atom. The summed E-state index contributed by atoms with van der Waals surface area (Å²) in [4.78, 5) is 7.78. The summed E-state index contributed by atoms with van der Waals surface area (Å²) in [5.41, 5.74) is 10.3. The standard InChI is InChI=1S/C9H16N6OS/c1-5(2)3-7-13-6(15-16-7)4-17-9(12)14-8(10)11/h5H,3-4H2,1-2H3,(H5,10,11,12,14). The van der Waals surface area contributed by atoms with Gasteiger partial charge in [0.1, 0.15) is 0 Å². The second-order valence-corrected chi connectivity index (χ2v) is 4.80. The van der Waals surface area contributed by atoms with Gasteiger partial charge in [0.05, 0.1) is 5.75 Å². The zero-order chi connectivity index (χ0) is 12.8. The molecular weight excluding hydrogens is 240 g/mol. The van der Waals surface area contributed by atoms with Crippen molar-refractivity contribution in [2.24, 2.45) is 22.4 Å². The van der Waals surface area contributed by atoms with Gasteiger partial charge in [-0.2, -0.15) is 9.98 Å². The van der Waals surface area contributed by atoms with Gasteiger partial charge in [0.25, 0.3) is 0 Å². The summed E-state index contributed by atoms with van der Waals surface area (Å²) in [5, 5.41) is 11.3. The molecule has 0 atom stereocenters. The van der Waals surface area contributed by atoms with Crippen LogP contribution in [-0.2, 0) is 12.2 Å². The van der Waals surface area contributed by atoms with Crippen LogP contribution in [0.25, 0.3) is 0 Å². The van der Waals surface area contributed by atoms with Crippen LogP contribution in [0.5, 0.6) is 0 Å². The second-order valence-electron chi connectivity index (χ2n) is 3.83. The molecule has 0 saturated carbocycles. The number of hydrogen-bond acceptors (Lipinski definition) is 5. The van der Waals surface area contributed by atoms with Gasteiger partial charge in [-0.1, -0.05) is 30.8 Å². The maximum atomic E-state index is 7.42. The van der Waals surface area contributed by atoms with Crippen molar-refractivity contribution in [3.05, 3.63) is 11.7 Å². The number of aromatic nitrogens is 2. The molecule has 0 aromatic carbocycles. The Morgan fingerprint density at radius 1 is 1.53 bits per heavy atom. The van der Waals surface area contributed by atoms with Gasteiger partial charge in [0.2, 0.25) is 5.89 Å². The Morgan fingerprint density at radius 3 is 2.82 bits per heavy atom. The lowest BCUT2D eigenvalue weighted by Gasteiger charge is -1.96. The van der Waals surface area contributed by atoms with Crippen molar-refractivity contribution in [2.45, 2.75) is 26.0 Å². The van der Waals surface area contributed by atoms with Crippen LogP contribution in [0.3, 0.4) is 0 Å². The third kappa shape index (κ3) is 5.34. The SMILES string of the molecule is CC(C)Cc1nc(CSC(=N)N=C(N)N)no1. The molecule has 17 heavy (non-hydrogen) atoms. The molecule has 0 aliphatic carbocycles. The van der Waals surface area contributed by atoms with E-state index in [1.807, 2.05) is 0 Å². The minimum Gasteiger partial charge on any atom is -0.370 e. The number of aliphatic imine (C=N–C) groups is 1. The highest BCUT2D eigenvalue weighted by atomic mass is 32.2. The molecule has 8 heteroatoms. The molecule has 0 radical (unpaired) electrons. The average Bonchev–Trinajstić information content (AvgIpc) is 2.60. The summed E-state index contributed by atoms with van der Waals surface area (Å²) in [6, 6.07) is 0. The molecular formula is C9H16N6OS. The molecule has 0 saturated heterocycles. The van der Waals surface area contributed by atoms with Gasteiger partial charge in [-0.15, -0.1) is 0 Å². The molecule has 0 amide bonds. The van der Waals surface area contributed by atoms with Crippen molar-refractivity contribution in [3.8, 4) is 0 Å². The highest BCUT2D eigenvalue weighted by molar-refractivity contribution is 8.13. The molecule has 94 valence electrons. The van der Waals surface area contributed by atoms with E-state index in [2.05, 4.69) is 29.0 Å². The molecule has 0 spiro atoms. The van der Waals surface area contributed by atoms with Gasteiger partial charge in [-0.25, -0.2) is 0 Å². The number of nitrogens with one attached hydrogen (secondary N) is 1. The Balaban J connectivity index is 2.45. The molecule has 0 bridgehead atoms. The van der Waals surface area contributed by atoms with E-state index in [-0.39, 0.29) is 11.1 Å². The van der Waals surface area contributed by atoms with Crippen LogP contribution < -0.4 is 11.5 Å². The molecule has 5 N–H and O–H groups in total. The lowest BCUT2D eigenvalue weighted by atomic mass is 10.1. The summed E-state index contributed by atoms with van der Waals surface area (Å²) in [6.45, 7) is 4.15. The van der Waals surface area contributed by atoms with E-state index in [4.69, 9.17) is 21.4 Å². The molecule has 1 aromatic heterocycles. The van der Waals surface area contributed by atoms with Crippen molar-refractivity contribution in [1.82, 2.24) is 10.1 Å². The van der Waals surface area contributed by atoms with Crippen LogP contribution in [0.1, 0.15) is 25.6 Å². The van der Waals surface area contributed by atoms with Crippen LogP contribution in [0.2, 0.25) is 0 Å². The zero-order valence-electron chi connectivity index (χ0n) is 9.80. The molecule has 0 unspecified atom stereocenters. The number of thioether (sulfide) groups is 1. The zero-order valence-corrected chi connectivity index (χ0v) is 10.6. The summed E-state index contributed by atoms with van der Waals surface area (Å²) in [5.74, 6) is 1.91. The Kier molecular flexibility index (Phi) is 4.95. The minimum atomic E-state index is -0.129. The number of nitrogens with zero attached hydrogens (tertiary/aromatic N) is 3. The van der Waals surface area contributed by atoms with Gasteiger partial charge in [-0.05, 0) is 5.92 Å². The molecule has 1 heterocycles. The van der Waals surface area contributed by atoms with Crippen LogP contribution >= 0.6 is 11.8 Å². The predicted octanol–water partition coefficient (Wildman–Crippen LogP) is 0.709. The number of hydrogen-bond donors (Lipinski definition) is 3. The minimum absolute atomic E-state index is 0.0280. The van der Waals surface area contributed by atoms with Crippen molar-refractivity contribution in [1.29, 1.82) is 5.41 Å². The molecule has 0 fully saturated rings. The monoisotopic (exact) mass is 256 g/mol. The summed E-state index contributed by atoms with van der Waals surface area (Å²) in [6.07, 6.45) is 0.753. The topological polar surface area (TPSA) is 127 Å². The van der Waals surface area contributed by atoms with Crippen molar-refractivity contribution in [3.63, 3.8) is 0 Å². The van der Waals surface area contributed by atoms with Crippen molar-refractivity contribution >= 4 is 22.9 Å². The van der Waals surface area contributed by atoms with Gasteiger partial charge < -0.3 is 16.0 Å². The van der Waals surface area contributed by atoms with E-state index in [9.17, 15) is 0 Å². The summed E-state index contributed by atoms with van der Waals surface area (Å²) < 4.78 is 5.06. The second kappa shape index (κ2) is 6.24. The Labute approximate surface area is 104 Å². The number of guanidine groups is 1. The lowest BCUT2D eigenvalue weighted by molar-refractivity contribution is 0.360. The Hall–Kier alpha value is -1.57. The van der Waals surface area contributed by atoms with Crippen molar-refractivity contribution in [2.75, 3.05) is 0 Å². The first-order chi connectivity index (χ1) is 7.97. The number of nitrogens with two attached hydrogens (primary N) is 2. The van der Waals surface area contributed by atoms with Crippen LogP contribution in [0.15, 0.2) is 9.52 Å². The van der Waals surface area contributed by atoms with Gasteiger partial charge in [-0.3, -0.25) is 5.41 Å². The van der Waals surface area contributed by atoms with E-state index >= 15 is 0 Å². The largest absolute Gasteiger partial charge is 0.370 e. The third-order valence-electron chi connectivity index (χ3n) is 1.66.